The number of rotatable bonds is 9. The molecular formula is C30H26F5N5O3S. The molecule has 1 aliphatic rings. The van der Waals surface area contributed by atoms with E-state index in [1.807, 2.05) is 30.3 Å². The van der Waals surface area contributed by atoms with Crippen molar-refractivity contribution in [2.45, 2.75) is 24.1 Å². The highest BCUT2D eigenvalue weighted by atomic mass is 32.2. The summed E-state index contributed by atoms with van der Waals surface area (Å²) in [6, 6.07) is 15.6. The van der Waals surface area contributed by atoms with Crippen molar-refractivity contribution in [2.24, 2.45) is 0 Å². The molecule has 2 unspecified atom stereocenters. The molecule has 1 aromatic heterocycles. The molecule has 2 atom stereocenters. The van der Waals surface area contributed by atoms with Gasteiger partial charge in [-0.15, -0.1) is 6.58 Å². The second-order valence-electron chi connectivity index (χ2n) is 9.95. The lowest BCUT2D eigenvalue weighted by atomic mass is 10.0. The number of aromatic nitrogens is 2. The molecule has 8 nitrogen and oxygen atoms in total. The highest BCUT2D eigenvalue weighted by Crippen LogP contribution is 2.37. The zero-order valence-corrected chi connectivity index (χ0v) is 23.8. The highest BCUT2D eigenvalue weighted by Gasteiger charge is 2.40. The molecule has 2 heterocycles. The molecule has 230 valence electrons. The molecule has 0 spiro atoms. The molecule has 1 fully saturated rings. The van der Waals surface area contributed by atoms with Crippen LogP contribution in [0.5, 0.6) is 11.5 Å². The zero-order chi connectivity index (χ0) is 31.6. The first kappa shape index (κ1) is 30.9. The van der Waals surface area contributed by atoms with Gasteiger partial charge < -0.3 is 15.8 Å². The lowest BCUT2D eigenvalue weighted by molar-refractivity contribution is 0.323. The Morgan fingerprint density at radius 3 is 2.18 bits per heavy atom. The van der Waals surface area contributed by atoms with Crippen LogP contribution in [0.3, 0.4) is 0 Å². The zero-order valence-electron chi connectivity index (χ0n) is 23.0. The summed E-state index contributed by atoms with van der Waals surface area (Å²) in [5.74, 6) is -9.66. The maximum atomic E-state index is 14.6. The topological polar surface area (TPSA) is 110 Å². The summed E-state index contributed by atoms with van der Waals surface area (Å²) in [4.78, 5) is 8.38. The predicted molar refractivity (Wildman–Crippen MR) is 155 cm³/mol. The fraction of sp³-hybridized carbons (Fsp3) is 0.200. The van der Waals surface area contributed by atoms with E-state index in [2.05, 4.69) is 21.9 Å². The normalized spacial score (nSPS) is 16.3. The van der Waals surface area contributed by atoms with Gasteiger partial charge in [-0.1, -0.05) is 36.4 Å². The number of ether oxygens (including phenoxy) is 1. The van der Waals surface area contributed by atoms with Crippen molar-refractivity contribution >= 4 is 21.7 Å². The summed E-state index contributed by atoms with van der Waals surface area (Å²) >= 11 is 0. The van der Waals surface area contributed by atoms with Crippen molar-refractivity contribution in [3.63, 3.8) is 0 Å². The van der Waals surface area contributed by atoms with Gasteiger partial charge in [-0.2, -0.15) is 4.31 Å². The smallest absolute Gasteiger partial charge is 0.225 e. The van der Waals surface area contributed by atoms with Crippen LogP contribution in [-0.2, 0) is 10.0 Å². The van der Waals surface area contributed by atoms with Crippen molar-refractivity contribution in [3.05, 3.63) is 108 Å². The number of nitrogens with one attached hydrogen (secondary N) is 1. The van der Waals surface area contributed by atoms with Gasteiger partial charge in [-0.25, -0.2) is 40.3 Å². The average molecular weight is 632 g/mol. The van der Waals surface area contributed by atoms with Crippen LogP contribution in [0.2, 0.25) is 0 Å². The number of sulfonamides is 1. The molecular weight excluding hydrogens is 605 g/mol. The first-order valence-electron chi connectivity index (χ1n) is 13.4. The Morgan fingerprint density at radius 1 is 0.932 bits per heavy atom. The van der Waals surface area contributed by atoms with Gasteiger partial charge in [-0.3, -0.25) is 0 Å². The van der Waals surface area contributed by atoms with Gasteiger partial charge in [-0.05, 0) is 42.7 Å². The van der Waals surface area contributed by atoms with E-state index in [4.69, 9.17) is 10.5 Å². The molecule has 0 aliphatic carbocycles. The van der Waals surface area contributed by atoms with E-state index in [9.17, 15) is 30.4 Å². The number of nitrogens with zero attached hydrogens (tertiary/aromatic N) is 3. The monoisotopic (exact) mass is 631 g/mol. The number of para-hydroxylation sites is 1. The van der Waals surface area contributed by atoms with E-state index in [0.717, 1.165) is 4.31 Å². The lowest BCUT2D eigenvalue weighted by Gasteiger charge is -2.35. The Morgan fingerprint density at radius 2 is 1.55 bits per heavy atom. The van der Waals surface area contributed by atoms with Gasteiger partial charge >= 0.3 is 0 Å². The Labute approximate surface area is 250 Å². The van der Waals surface area contributed by atoms with E-state index >= 15 is 0 Å². The van der Waals surface area contributed by atoms with E-state index in [1.165, 1.54) is 6.33 Å². The van der Waals surface area contributed by atoms with E-state index in [1.54, 1.807) is 24.3 Å². The third-order valence-corrected chi connectivity index (χ3v) is 9.27. The second-order valence-corrected chi connectivity index (χ2v) is 12.0. The molecule has 3 aromatic carbocycles. The maximum absolute atomic E-state index is 14.6. The summed E-state index contributed by atoms with van der Waals surface area (Å²) in [6.07, 6.45) is 2.67. The Kier molecular flexibility index (Phi) is 8.83. The SMILES string of the molecule is C=CC(c1c(F)c(F)c(F)c(F)c1F)S(=O)(=O)N1CCCC(Nc2ncnc(N)c2-c2ccc(Oc3ccccc3)cc2)C1. The van der Waals surface area contributed by atoms with Crippen LogP contribution in [0.25, 0.3) is 11.1 Å². The number of benzene rings is 3. The predicted octanol–water partition coefficient (Wildman–Crippen LogP) is 6.35. The number of nitrogens with two attached hydrogens (primary N) is 1. The van der Waals surface area contributed by atoms with E-state index in [-0.39, 0.29) is 18.9 Å². The van der Waals surface area contributed by atoms with Gasteiger partial charge in [0.05, 0.1) is 11.1 Å². The van der Waals surface area contributed by atoms with E-state index < -0.39 is 56.0 Å². The summed E-state index contributed by atoms with van der Waals surface area (Å²) in [6.45, 7) is 3.05. The summed E-state index contributed by atoms with van der Waals surface area (Å²) in [7, 11) is -4.68. The molecule has 4 aromatic rings. The van der Waals surface area contributed by atoms with Crippen molar-refractivity contribution in [1.29, 1.82) is 0 Å². The molecule has 0 saturated carbocycles. The van der Waals surface area contributed by atoms with Gasteiger partial charge in [0.25, 0.3) is 0 Å². The minimum Gasteiger partial charge on any atom is -0.457 e. The number of halogens is 5. The van der Waals surface area contributed by atoms with Crippen LogP contribution in [0.15, 0.2) is 73.6 Å². The largest absolute Gasteiger partial charge is 0.457 e. The fourth-order valence-electron chi connectivity index (χ4n) is 5.01. The van der Waals surface area contributed by atoms with Crippen molar-refractivity contribution in [2.75, 3.05) is 24.1 Å². The van der Waals surface area contributed by atoms with Crippen molar-refractivity contribution in [1.82, 2.24) is 14.3 Å². The van der Waals surface area contributed by atoms with Crippen molar-refractivity contribution < 1.29 is 35.1 Å². The van der Waals surface area contributed by atoms with Gasteiger partial charge in [0, 0.05) is 19.1 Å². The summed E-state index contributed by atoms with van der Waals surface area (Å²) < 4.78 is 104. The molecule has 5 rings (SSSR count). The first-order valence-corrected chi connectivity index (χ1v) is 14.9. The van der Waals surface area contributed by atoms with Crippen LogP contribution in [0, 0.1) is 29.1 Å². The quantitative estimate of drug-likeness (QED) is 0.0959. The van der Waals surface area contributed by atoms with E-state index in [0.29, 0.717) is 47.4 Å². The number of piperidine rings is 1. The third kappa shape index (κ3) is 5.95. The summed E-state index contributed by atoms with van der Waals surface area (Å²) in [5.41, 5.74) is 5.81. The molecule has 3 N–H and O–H groups in total. The third-order valence-electron chi connectivity index (χ3n) is 7.15. The first-order chi connectivity index (χ1) is 21.0. The van der Waals surface area contributed by atoms with Crippen LogP contribution < -0.4 is 15.8 Å². The molecule has 0 radical (unpaired) electrons. The number of anilines is 2. The highest BCUT2D eigenvalue weighted by molar-refractivity contribution is 7.89. The minimum atomic E-state index is -4.68. The van der Waals surface area contributed by atoms with Crippen LogP contribution in [0.1, 0.15) is 23.7 Å². The standard InChI is InChI=1S/C30H26F5N5O3S/c1-2-21(23-24(31)26(33)28(35)27(34)25(23)32)44(41,42)40-14-6-7-18(15-40)39-30-22(29(36)37-16-38-30)17-10-12-20(13-11-17)43-19-8-4-3-5-9-19/h2-5,8-13,16,18,21H,1,6-7,14-15H2,(H3,36,37,38,39). The Balaban J connectivity index is 1.38. The van der Waals surface area contributed by atoms with Crippen molar-refractivity contribution in [3.8, 4) is 22.6 Å². The average Bonchev–Trinajstić information content (AvgIpc) is 3.02. The molecule has 0 bridgehead atoms. The van der Waals surface area contributed by atoms with Crippen LogP contribution >= 0.6 is 0 Å². The maximum Gasteiger partial charge on any atom is 0.225 e. The minimum absolute atomic E-state index is 0.0537. The fourth-order valence-corrected chi connectivity index (χ4v) is 6.85. The van der Waals surface area contributed by atoms with Gasteiger partial charge in [0.15, 0.2) is 23.3 Å². The van der Waals surface area contributed by atoms with Crippen LogP contribution in [0.4, 0.5) is 33.6 Å². The molecule has 14 heteroatoms. The Hall–Kier alpha value is -4.56. The Bertz CT molecular complexity index is 1760. The molecule has 1 saturated heterocycles. The molecule has 1 aliphatic heterocycles. The molecule has 0 amide bonds. The lowest BCUT2D eigenvalue weighted by Crippen LogP contribution is -2.46. The van der Waals surface area contributed by atoms with Crippen LogP contribution in [-0.4, -0.2) is 41.8 Å². The number of nitrogen functional groups attached to an aromatic ring is 1. The van der Waals surface area contributed by atoms with Gasteiger partial charge in [0.1, 0.15) is 34.7 Å². The summed E-state index contributed by atoms with van der Waals surface area (Å²) in [5, 5.41) is 0.949. The molecule has 44 heavy (non-hydrogen) atoms. The van der Waals surface area contributed by atoms with Gasteiger partial charge in [0.2, 0.25) is 15.8 Å². The number of hydrogen-bond acceptors (Lipinski definition) is 7. The second kappa shape index (κ2) is 12.6. The number of hydrogen-bond donors (Lipinski definition) is 2.